The number of furan rings is 1. The number of para-hydroxylation sites is 1. The summed E-state index contributed by atoms with van der Waals surface area (Å²) >= 11 is 0. The molecule has 2 heterocycles. The van der Waals surface area contributed by atoms with Crippen LogP contribution in [0.15, 0.2) is 241 Å². The smallest absolute Gasteiger partial charge is 0.164 e. The van der Waals surface area contributed by atoms with Crippen LogP contribution in [0.25, 0.3) is 111 Å². The summed E-state index contributed by atoms with van der Waals surface area (Å²) in [7, 11) is 0. The fourth-order valence-electron chi connectivity index (χ4n) is 11.3. The van der Waals surface area contributed by atoms with E-state index in [2.05, 4.69) is 212 Å². The number of nitrogens with zero attached hydrogens (tertiary/aromatic N) is 3. The Morgan fingerprint density at radius 3 is 1.60 bits per heavy atom. The van der Waals surface area contributed by atoms with E-state index in [9.17, 15) is 0 Å². The van der Waals surface area contributed by atoms with Gasteiger partial charge in [-0.15, -0.1) is 0 Å². The summed E-state index contributed by atoms with van der Waals surface area (Å²) in [6, 6.07) is 84.8. The molecule has 1 aliphatic carbocycles. The van der Waals surface area contributed by atoms with Crippen molar-refractivity contribution in [1.29, 1.82) is 0 Å². The summed E-state index contributed by atoms with van der Waals surface area (Å²) < 4.78 is 6.53. The average Bonchev–Trinajstić information content (AvgIpc) is 3.96. The Balaban J connectivity index is 1.07. The number of fused-ring (bicyclic) bond motifs is 11. The molecule has 0 fully saturated rings. The summed E-state index contributed by atoms with van der Waals surface area (Å²) in [6.07, 6.45) is 0. The molecule has 14 rings (SSSR count). The van der Waals surface area contributed by atoms with Gasteiger partial charge in [-0.25, -0.2) is 15.0 Å². The minimum absolute atomic E-state index is 0.616. The maximum absolute atomic E-state index is 6.53. The molecular formula is C64H39N3O. The second kappa shape index (κ2) is 15.0. The molecule has 0 saturated carbocycles. The summed E-state index contributed by atoms with van der Waals surface area (Å²) in [5, 5.41) is 9.11. The third-order valence-corrected chi connectivity index (χ3v) is 14.2. The van der Waals surface area contributed by atoms with Gasteiger partial charge in [-0.3, -0.25) is 0 Å². The first-order valence-corrected chi connectivity index (χ1v) is 23.2. The summed E-state index contributed by atoms with van der Waals surface area (Å²) in [6.45, 7) is 0. The SMILES string of the molecule is c1ccc(-c2nc(-c3ccc4ccc5c(c4c3)C(c3ccccc3)(c3ccccc3)c3c-5cccc3-c3cccc4oc5ccccc5c34)nc(-c3cc4ccccc4c4ccccc34)n2)cc1. The van der Waals surface area contributed by atoms with Crippen LogP contribution in [0.4, 0.5) is 0 Å². The molecule has 0 amide bonds. The third kappa shape index (κ3) is 5.64. The molecule has 0 unspecified atom stereocenters. The van der Waals surface area contributed by atoms with Crippen LogP contribution in [0.3, 0.4) is 0 Å². The van der Waals surface area contributed by atoms with E-state index in [-0.39, 0.29) is 0 Å². The minimum atomic E-state index is -0.729. The average molecular weight is 866 g/mol. The molecular weight excluding hydrogens is 827 g/mol. The normalized spacial score (nSPS) is 12.8. The number of aromatic nitrogens is 3. The zero-order valence-corrected chi connectivity index (χ0v) is 36.8. The molecule has 316 valence electrons. The van der Waals surface area contributed by atoms with Gasteiger partial charge in [0.15, 0.2) is 17.5 Å². The summed E-state index contributed by atoms with van der Waals surface area (Å²) in [5.74, 6) is 1.88. The highest BCUT2D eigenvalue weighted by atomic mass is 16.3. The predicted molar refractivity (Wildman–Crippen MR) is 279 cm³/mol. The van der Waals surface area contributed by atoms with Gasteiger partial charge in [-0.1, -0.05) is 212 Å². The van der Waals surface area contributed by atoms with Crippen LogP contribution < -0.4 is 0 Å². The Morgan fingerprint density at radius 2 is 0.838 bits per heavy atom. The molecule has 0 atom stereocenters. The topological polar surface area (TPSA) is 51.8 Å². The van der Waals surface area contributed by atoms with Gasteiger partial charge in [0, 0.05) is 27.5 Å². The lowest BCUT2D eigenvalue weighted by atomic mass is 9.65. The highest BCUT2D eigenvalue weighted by molar-refractivity contribution is 6.15. The molecule has 4 heteroatoms. The standard InChI is InChI=1S/C64H39N3O/c1-4-18-41(19-5-1)61-65-62(67-63(66-61)55-38-42-20-10-11-25-46(42)47-26-12-13-27-48(47)55)43-35-34-40-36-37-52-51-31-16-30-50(49-29-17-33-57-58(49)53-28-14-15-32-56(53)68-57)59(51)64(60(52)54(40)39-43,44-21-6-2-7-22-44)45-23-8-3-9-24-45/h1-39H. The van der Waals surface area contributed by atoms with Crippen molar-refractivity contribution in [1.82, 2.24) is 15.0 Å². The summed E-state index contributed by atoms with van der Waals surface area (Å²) in [4.78, 5) is 16.0. The van der Waals surface area contributed by atoms with Crippen LogP contribution in [0.1, 0.15) is 22.3 Å². The van der Waals surface area contributed by atoms with E-state index >= 15 is 0 Å². The molecule has 0 spiro atoms. The van der Waals surface area contributed by atoms with Crippen molar-refractivity contribution in [2.45, 2.75) is 5.41 Å². The van der Waals surface area contributed by atoms with Crippen molar-refractivity contribution >= 4 is 54.3 Å². The van der Waals surface area contributed by atoms with Gasteiger partial charge >= 0.3 is 0 Å². The molecule has 2 aromatic heterocycles. The van der Waals surface area contributed by atoms with Crippen LogP contribution in [0, 0.1) is 0 Å². The van der Waals surface area contributed by atoms with Gasteiger partial charge in [0.1, 0.15) is 11.2 Å². The quantitative estimate of drug-likeness (QED) is 0.156. The second-order valence-electron chi connectivity index (χ2n) is 17.8. The van der Waals surface area contributed by atoms with Crippen molar-refractivity contribution in [2.75, 3.05) is 0 Å². The molecule has 0 aliphatic heterocycles. The second-order valence-corrected chi connectivity index (χ2v) is 17.8. The third-order valence-electron chi connectivity index (χ3n) is 14.2. The van der Waals surface area contributed by atoms with Crippen LogP contribution in [0.5, 0.6) is 0 Å². The van der Waals surface area contributed by atoms with Crippen molar-refractivity contribution in [3.63, 3.8) is 0 Å². The largest absolute Gasteiger partial charge is 0.456 e. The highest BCUT2D eigenvalue weighted by Gasteiger charge is 2.49. The van der Waals surface area contributed by atoms with E-state index in [1.54, 1.807) is 0 Å². The molecule has 0 N–H and O–H groups in total. The van der Waals surface area contributed by atoms with Gasteiger partial charge in [0.25, 0.3) is 0 Å². The molecule has 0 bridgehead atoms. The summed E-state index contributed by atoms with van der Waals surface area (Å²) in [5.41, 5.74) is 13.4. The first kappa shape index (κ1) is 38.3. The van der Waals surface area contributed by atoms with Gasteiger partial charge < -0.3 is 4.42 Å². The predicted octanol–water partition coefficient (Wildman–Crippen LogP) is 16.3. The Kier molecular flexibility index (Phi) is 8.46. The van der Waals surface area contributed by atoms with Crippen LogP contribution in [0.2, 0.25) is 0 Å². The number of hydrogen-bond acceptors (Lipinski definition) is 4. The van der Waals surface area contributed by atoms with Gasteiger partial charge in [0.05, 0.1) is 5.41 Å². The van der Waals surface area contributed by atoms with E-state index in [0.717, 1.165) is 65.7 Å². The number of hydrogen-bond donors (Lipinski definition) is 0. The van der Waals surface area contributed by atoms with E-state index in [1.807, 2.05) is 24.3 Å². The molecule has 11 aromatic carbocycles. The molecule has 1 aliphatic rings. The lowest BCUT2D eigenvalue weighted by molar-refractivity contribution is 0.669. The highest BCUT2D eigenvalue weighted by Crippen LogP contribution is 2.61. The van der Waals surface area contributed by atoms with Crippen LogP contribution in [-0.2, 0) is 5.41 Å². The molecule has 0 saturated heterocycles. The van der Waals surface area contributed by atoms with Crippen LogP contribution in [-0.4, -0.2) is 15.0 Å². The maximum Gasteiger partial charge on any atom is 0.164 e. The molecule has 4 nitrogen and oxygen atoms in total. The Hall–Kier alpha value is -8.99. The van der Waals surface area contributed by atoms with Crippen molar-refractivity contribution in [2.24, 2.45) is 0 Å². The monoisotopic (exact) mass is 865 g/mol. The number of benzene rings is 11. The van der Waals surface area contributed by atoms with E-state index in [4.69, 9.17) is 19.4 Å². The first-order chi connectivity index (χ1) is 33.7. The zero-order chi connectivity index (χ0) is 44.8. The van der Waals surface area contributed by atoms with Crippen LogP contribution >= 0.6 is 0 Å². The van der Waals surface area contributed by atoms with Gasteiger partial charge in [-0.2, -0.15) is 0 Å². The Labute approximate surface area is 392 Å². The zero-order valence-electron chi connectivity index (χ0n) is 36.8. The molecule has 13 aromatic rings. The minimum Gasteiger partial charge on any atom is -0.456 e. The van der Waals surface area contributed by atoms with E-state index < -0.39 is 5.41 Å². The van der Waals surface area contributed by atoms with Crippen molar-refractivity contribution in [3.05, 3.63) is 259 Å². The molecule has 0 radical (unpaired) electrons. The van der Waals surface area contributed by atoms with E-state index in [0.29, 0.717) is 17.5 Å². The maximum atomic E-state index is 6.53. The fraction of sp³-hybridized carbons (Fsp3) is 0.0156. The molecule has 68 heavy (non-hydrogen) atoms. The number of rotatable bonds is 6. The van der Waals surface area contributed by atoms with Gasteiger partial charge in [0.2, 0.25) is 0 Å². The first-order valence-electron chi connectivity index (χ1n) is 23.2. The Bertz CT molecular complexity index is 4100. The fourth-order valence-corrected chi connectivity index (χ4v) is 11.3. The van der Waals surface area contributed by atoms with Crippen molar-refractivity contribution in [3.8, 4) is 56.4 Å². The lowest BCUT2D eigenvalue weighted by Gasteiger charge is -2.36. The van der Waals surface area contributed by atoms with Crippen molar-refractivity contribution < 1.29 is 4.42 Å². The van der Waals surface area contributed by atoms with E-state index in [1.165, 1.54) is 49.7 Å². The lowest BCUT2D eigenvalue weighted by Crippen LogP contribution is -2.29. The Morgan fingerprint density at radius 1 is 0.294 bits per heavy atom. The van der Waals surface area contributed by atoms with Gasteiger partial charge in [-0.05, 0) is 101 Å².